The molecule has 0 saturated carbocycles. The summed E-state index contributed by atoms with van der Waals surface area (Å²) in [5.74, 6) is 1.77. The fourth-order valence-electron chi connectivity index (χ4n) is 3.54. The number of hydrogen-bond acceptors (Lipinski definition) is 6. The number of rotatable bonds is 6. The molecule has 5 rings (SSSR count). The fourth-order valence-corrected chi connectivity index (χ4v) is 3.54. The van der Waals surface area contributed by atoms with Gasteiger partial charge in [-0.2, -0.15) is 5.10 Å². The molecule has 0 saturated heterocycles. The van der Waals surface area contributed by atoms with Crippen LogP contribution in [0.15, 0.2) is 65.7 Å². The van der Waals surface area contributed by atoms with Crippen LogP contribution in [0, 0.1) is 0 Å². The van der Waals surface area contributed by atoms with Crippen LogP contribution in [-0.4, -0.2) is 34.0 Å². The topological polar surface area (TPSA) is 96.1 Å². The SMILES string of the molecule is COc1cccc(CNC(=O)Cn2ccn3nc(-c4ccc5c(c4)OCO5)cc3c2=O)c1. The second kappa shape index (κ2) is 8.10. The Balaban J connectivity index is 1.33. The first-order valence-corrected chi connectivity index (χ1v) is 9.99. The van der Waals surface area contributed by atoms with Crippen molar-refractivity contribution in [1.82, 2.24) is 19.5 Å². The molecule has 0 unspecified atom stereocenters. The van der Waals surface area contributed by atoms with Crippen molar-refractivity contribution in [2.45, 2.75) is 13.1 Å². The van der Waals surface area contributed by atoms with Crippen LogP contribution in [0.3, 0.4) is 0 Å². The van der Waals surface area contributed by atoms with Gasteiger partial charge < -0.3 is 24.1 Å². The van der Waals surface area contributed by atoms with E-state index in [1.165, 1.54) is 9.08 Å². The number of nitrogens with one attached hydrogen (secondary N) is 1. The summed E-state index contributed by atoms with van der Waals surface area (Å²) >= 11 is 0. The first-order valence-electron chi connectivity index (χ1n) is 9.99. The van der Waals surface area contributed by atoms with E-state index in [0.717, 1.165) is 16.9 Å². The molecule has 0 bridgehead atoms. The monoisotopic (exact) mass is 432 g/mol. The smallest absolute Gasteiger partial charge is 0.277 e. The molecule has 0 spiro atoms. The van der Waals surface area contributed by atoms with Crippen molar-refractivity contribution >= 4 is 11.4 Å². The summed E-state index contributed by atoms with van der Waals surface area (Å²) in [5.41, 5.74) is 2.41. The first-order chi connectivity index (χ1) is 15.6. The number of fused-ring (bicyclic) bond motifs is 2. The van der Waals surface area contributed by atoms with Crippen LogP contribution in [0.25, 0.3) is 16.8 Å². The zero-order valence-corrected chi connectivity index (χ0v) is 17.3. The molecule has 1 aliphatic rings. The van der Waals surface area contributed by atoms with Crippen molar-refractivity contribution in [1.29, 1.82) is 0 Å². The number of aromatic nitrogens is 3. The molecule has 0 aliphatic carbocycles. The third-order valence-corrected chi connectivity index (χ3v) is 5.21. The summed E-state index contributed by atoms with van der Waals surface area (Å²) in [6.07, 6.45) is 3.21. The van der Waals surface area contributed by atoms with E-state index in [4.69, 9.17) is 14.2 Å². The van der Waals surface area contributed by atoms with Gasteiger partial charge in [-0.05, 0) is 42.0 Å². The standard InChI is InChI=1S/C23H20N4O5/c1-30-17-4-2-3-15(9-17)12-24-22(28)13-26-7-8-27-19(23(26)29)11-18(25-27)16-5-6-20-21(10-16)32-14-31-20/h2-11H,12-14H2,1H3,(H,24,28). The third kappa shape index (κ3) is 3.76. The Bertz CT molecular complexity index is 1370. The van der Waals surface area contributed by atoms with Gasteiger partial charge in [-0.25, -0.2) is 4.52 Å². The van der Waals surface area contributed by atoms with Crippen molar-refractivity contribution in [3.63, 3.8) is 0 Å². The van der Waals surface area contributed by atoms with Gasteiger partial charge >= 0.3 is 0 Å². The molecular formula is C23H20N4O5. The second-order valence-corrected chi connectivity index (χ2v) is 7.29. The number of amides is 1. The van der Waals surface area contributed by atoms with Gasteiger partial charge in [-0.1, -0.05) is 12.1 Å². The number of carbonyl (C=O) groups excluding carboxylic acids is 1. The molecule has 0 fully saturated rings. The van der Waals surface area contributed by atoms with Gasteiger partial charge in [0.25, 0.3) is 5.56 Å². The van der Waals surface area contributed by atoms with Gasteiger partial charge in [-0.15, -0.1) is 0 Å². The molecule has 1 aliphatic heterocycles. The van der Waals surface area contributed by atoms with Gasteiger partial charge in [0.1, 0.15) is 17.8 Å². The average molecular weight is 432 g/mol. The minimum Gasteiger partial charge on any atom is -0.497 e. The summed E-state index contributed by atoms with van der Waals surface area (Å²) in [5, 5.41) is 7.30. The van der Waals surface area contributed by atoms with Crippen LogP contribution in [0.2, 0.25) is 0 Å². The molecular weight excluding hydrogens is 412 g/mol. The number of hydrogen-bond donors (Lipinski definition) is 1. The maximum absolute atomic E-state index is 12.9. The number of benzene rings is 2. The van der Waals surface area contributed by atoms with Crippen LogP contribution < -0.4 is 25.1 Å². The Hall–Kier alpha value is -4.27. The van der Waals surface area contributed by atoms with Crippen LogP contribution in [0.5, 0.6) is 17.2 Å². The summed E-state index contributed by atoms with van der Waals surface area (Å²) in [4.78, 5) is 25.3. The molecule has 162 valence electrons. The van der Waals surface area contributed by atoms with E-state index in [1.54, 1.807) is 25.6 Å². The molecule has 9 nitrogen and oxygen atoms in total. The fraction of sp³-hybridized carbons (Fsp3) is 0.174. The van der Waals surface area contributed by atoms with Crippen LogP contribution in [0.4, 0.5) is 0 Å². The van der Waals surface area contributed by atoms with Crippen LogP contribution >= 0.6 is 0 Å². The highest BCUT2D eigenvalue weighted by atomic mass is 16.7. The molecule has 0 radical (unpaired) electrons. The molecule has 1 N–H and O–H groups in total. The molecule has 3 heterocycles. The molecule has 2 aromatic heterocycles. The lowest BCUT2D eigenvalue weighted by atomic mass is 10.1. The second-order valence-electron chi connectivity index (χ2n) is 7.29. The maximum atomic E-state index is 12.9. The quantitative estimate of drug-likeness (QED) is 0.502. The molecule has 4 aromatic rings. The predicted octanol–water partition coefficient (Wildman–Crippen LogP) is 2.22. The molecule has 2 aromatic carbocycles. The molecule has 9 heteroatoms. The summed E-state index contributed by atoms with van der Waals surface area (Å²) in [7, 11) is 1.59. The Labute approximate surface area is 182 Å². The molecule has 1 amide bonds. The van der Waals surface area contributed by atoms with Gasteiger partial charge in [0.2, 0.25) is 12.7 Å². The van der Waals surface area contributed by atoms with Crippen molar-refractivity contribution in [3.05, 3.63) is 76.8 Å². The Morgan fingerprint density at radius 3 is 2.88 bits per heavy atom. The average Bonchev–Trinajstić information content (AvgIpc) is 3.46. The van der Waals surface area contributed by atoms with Crippen molar-refractivity contribution in [3.8, 4) is 28.5 Å². The predicted molar refractivity (Wildman–Crippen MR) is 116 cm³/mol. The van der Waals surface area contributed by atoms with E-state index in [1.807, 2.05) is 42.5 Å². The van der Waals surface area contributed by atoms with E-state index < -0.39 is 0 Å². The van der Waals surface area contributed by atoms with Gasteiger partial charge in [-0.3, -0.25) is 9.59 Å². The van der Waals surface area contributed by atoms with Gasteiger partial charge in [0.05, 0.1) is 12.8 Å². The third-order valence-electron chi connectivity index (χ3n) is 5.21. The minimum atomic E-state index is -0.302. The molecule has 32 heavy (non-hydrogen) atoms. The number of nitrogens with zero attached hydrogens (tertiary/aromatic N) is 3. The summed E-state index contributed by atoms with van der Waals surface area (Å²) in [6, 6.07) is 14.6. The summed E-state index contributed by atoms with van der Waals surface area (Å²) in [6.45, 7) is 0.437. The highest BCUT2D eigenvalue weighted by Gasteiger charge is 2.16. The lowest BCUT2D eigenvalue weighted by molar-refractivity contribution is -0.121. The normalized spacial score (nSPS) is 12.2. The number of ether oxygens (including phenoxy) is 3. The minimum absolute atomic E-state index is 0.0934. The first kappa shape index (κ1) is 19.7. The highest BCUT2D eigenvalue weighted by Crippen LogP contribution is 2.35. The molecule has 0 atom stereocenters. The number of methoxy groups -OCH3 is 1. The number of carbonyl (C=O) groups is 1. The van der Waals surface area contributed by atoms with E-state index in [2.05, 4.69) is 10.4 Å². The van der Waals surface area contributed by atoms with E-state index in [9.17, 15) is 9.59 Å². The van der Waals surface area contributed by atoms with Crippen molar-refractivity contribution in [2.75, 3.05) is 13.9 Å². The van der Waals surface area contributed by atoms with Crippen molar-refractivity contribution < 1.29 is 19.0 Å². The van der Waals surface area contributed by atoms with E-state index >= 15 is 0 Å². The van der Waals surface area contributed by atoms with Gasteiger partial charge in [0, 0.05) is 24.5 Å². The highest BCUT2D eigenvalue weighted by molar-refractivity contribution is 5.76. The van der Waals surface area contributed by atoms with E-state index in [-0.39, 0.29) is 24.8 Å². The largest absolute Gasteiger partial charge is 0.497 e. The zero-order chi connectivity index (χ0) is 22.1. The van der Waals surface area contributed by atoms with Crippen LogP contribution in [0.1, 0.15) is 5.56 Å². The van der Waals surface area contributed by atoms with Crippen molar-refractivity contribution in [2.24, 2.45) is 0 Å². The van der Waals surface area contributed by atoms with Gasteiger partial charge in [0.15, 0.2) is 11.5 Å². The zero-order valence-electron chi connectivity index (χ0n) is 17.3. The Morgan fingerprint density at radius 2 is 2.00 bits per heavy atom. The Morgan fingerprint density at radius 1 is 1.12 bits per heavy atom. The van der Waals surface area contributed by atoms with Crippen LogP contribution in [-0.2, 0) is 17.9 Å². The Kier molecular flexibility index (Phi) is 4.98. The van der Waals surface area contributed by atoms with E-state index in [0.29, 0.717) is 29.3 Å². The lowest BCUT2D eigenvalue weighted by Gasteiger charge is -2.08. The summed E-state index contributed by atoms with van der Waals surface area (Å²) < 4.78 is 18.8. The maximum Gasteiger partial charge on any atom is 0.277 e. The lowest BCUT2D eigenvalue weighted by Crippen LogP contribution is -2.32.